The average Bonchev–Trinajstić information content (AvgIpc) is 2.49. The number of hydrogen-bond donors (Lipinski definition) is 1. The third-order valence-electron chi connectivity index (χ3n) is 3.09. The van der Waals surface area contributed by atoms with E-state index in [-0.39, 0.29) is 5.82 Å². The molecule has 2 aromatic carbocycles. The number of hydrogen-bond acceptors (Lipinski definition) is 3. The minimum absolute atomic E-state index is 0.174. The highest BCUT2D eigenvalue weighted by molar-refractivity contribution is 7.99. The van der Waals surface area contributed by atoms with E-state index in [2.05, 4.69) is 5.32 Å². The molecule has 112 valence electrons. The summed E-state index contributed by atoms with van der Waals surface area (Å²) in [6, 6.07) is 13.3. The molecule has 0 aliphatic rings. The molecule has 0 aliphatic heterocycles. The van der Waals surface area contributed by atoms with E-state index in [1.165, 1.54) is 23.4 Å². The highest BCUT2D eigenvalue weighted by Gasteiger charge is 2.10. The number of methoxy groups -OCH3 is 1. The Morgan fingerprint density at radius 2 is 1.90 bits per heavy atom. The van der Waals surface area contributed by atoms with Crippen molar-refractivity contribution in [1.82, 2.24) is 5.32 Å². The summed E-state index contributed by atoms with van der Waals surface area (Å²) in [7, 11) is 1.67. The maximum absolute atomic E-state index is 14.1. The Hall–Kier alpha value is -1.36. The van der Waals surface area contributed by atoms with Crippen LogP contribution in [-0.2, 0) is 11.3 Å². The first-order valence-corrected chi connectivity index (χ1v) is 7.74. The fraction of sp³-hybridized carbons (Fsp3) is 0.294. The largest absolute Gasteiger partial charge is 0.383 e. The summed E-state index contributed by atoms with van der Waals surface area (Å²) < 4.78 is 19.1. The molecule has 0 heterocycles. The SMILES string of the molecule is COCCNCc1cccc(F)c1Sc1ccc(C)cc1. The zero-order valence-corrected chi connectivity index (χ0v) is 13.2. The highest BCUT2D eigenvalue weighted by Crippen LogP contribution is 2.32. The van der Waals surface area contributed by atoms with Gasteiger partial charge in [0.05, 0.1) is 11.5 Å². The Kier molecular flexibility index (Phi) is 6.23. The normalized spacial score (nSPS) is 10.8. The van der Waals surface area contributed by atoms with Crippen molar-refractivity contribution >= 4 is 11.8 Å². The van der Waals surface area contributed by atoms with Crippen LogP contribution in [0.15, 0.2) is 52.3 Å². The smallest absolute Gasteiger partial charge is 0.137 e. The van der Waals surface area contributed by atoms with Crippen LogP contribution in [0.25, 0.3) is 0 Å². The lowest BCUT2D eigenvalue weighted by molar-refractivity contribution is 0.199. The van der Waals surface area contributed by atoms with E-state index >= 15 is 0 Å². The van der Waals surface area contributed by atoms with Crippen molar-refractivity contribution in [3.05, 3.63) is 59.4 Å². The fourth-order valence-corrected chi connectivity index (χ4v) is 2.87. The van der Waals surface area contributed by atoms with Gasteiger partial charge in [-0.1, -0.05) is 41.6 Å². The van der Waals surface area contributed by atoms with Crippen LogP contribution in [0.3, 0.4) is 0 Å². The van der Waals surface area contributed by atoms with Crippen molar-refractivity contribution in [2.24, 2.45) is 0 Å². The highest BCUT2D eigenvalue weighted by atomic mass is 32.2. The molecule has 0 fully saturated rings. The van der Waals surface area contributed by atoms with Gasteiger partial charge in [0, 0.05) is 25.1 Å². The van der Waals surface area contributed by atoms with Gasteiger partial charge in [-0.25, -0.2) is 4.39 Å². The van der Waals surface area contributed by atoms with Crippen LogP contribution in [0.4, 0.5) is 4.39 Å². The molecule has 0 aromatic heterocycles. The van der Waals surface area contributed by atoms with Gasteiger partial charge < -0.3 is 10.1 Å². The van der Waals surface area contributed by atoms with Crippen molar-refractivity contribution in [1.29, 1.82) is 0 Å². The number of aryl methyl sites for hydroxylation is 1. The lowest BCUT2D eigenvalue weighted by atomic mass is 10.2. The number of halogens is 1. The minimum atomic E-state index is -0.174. The molecule has 2 nitrogen and oxygen atoms in total. The zero-order valence-electron chi connectivity index (χ0n) is 12.4. The summed E-state index contributed by atoms with van der Waals surface area (Å²) in [5.41, 5.74) is 2.17. The van der Waals surface area contributed by atoms with Gasteiger partial charge in [-0.2, -0.15) is 0 Å². The van der Waals surface area contributed by atoms with E-state index in [0.29, 0.717) is 18.0 Å². The first-order chi connectivity index (χ1) is 10.2. The van der Waals surface area contributed by atoms with Crippen LogP contribution < -0.4 is 5.32 Å². The molecule has 0 saturated heterocycles. The predicted molar refractivity (Wildman–Crippen MR) is 85.3 cm³/mol. The first kappa shape index (κ1) is 16.0. The molecule has 2 rings (SSSR count). The molecule has 4 heteroatoms. The molecule has 1 N–H and O–H groups in total. The van der Waals surface area contributed by atoms with Crippen LogP contribution in [0, 0.1) is 12.7 Å². The van der Waals surface area contributed by atoms with Crippen LogP contribution in [0.1, 0.15) is 11.1 Å². The average molecular weight is 305 g/mol. The quantitative estimate of drug-likeness (QED) is 0.781. The van der Waals surface area contributed by atoms with Gasteiger partial charge in [-0.3, -0.25) is 0 Å². The molecule has 0 bridgehead atoms. The summed E-state index contributed by atoms with van der Waals surface area (Å²) >= 11 is 1.47. The van der Waals surface area contributed by atoms with Crippen molar-refractivity contribution in [3.63, 3.8) is 0 Å². The van der Waals surface area contributed by atoms with E-state index in [0.717, 1.165) is 17.0 Å². The van der Waals surface area contributed by atoms with Gasteiger partial charge in [-0.15, -0.1) is 0 Å². The van der Waals surface area contributed by atoms with Crippen LogP contribution >= 0.6 is 11.8 Å². The van der Waals surface area contributed by atoms with Crippen LogP contribution in [0.2, 0.25) is 0 Å². The number of rotatable bonds is 7. The number of benzene rings is 2. The molecular formula is C17H20FNOS. The molecule has 0 atom stereocenters. The molecule has 0 saturated carbocycles. The fourth-order valence-electron chi connectivity index (χ4n) is 1.93. The van der Waals surface area contributed by atoms with E-state index in [1.807, 2.05) is 37.3 Å². The van der Waals surface area contributed by atoms with Crippen LogP contribution in [0.5, 0.6) is 0 Å². The maximum Gasteiger partial charge on any atom is 0.137 e. The standard InChI is InChI=1S/C17H20FNOS/c1-13-6-8-15(9-7-13)21-17-14(4-3-5-16(17)18)12-19-10-11-20-2/h3-9,19H,10-12H2,1-2H3. The minimum Gasteiger partial charge on any atom is -0.383 e. The van der Waals surface area contributed by atoms with Gasteiger partial charge in [0.25, 0.3) is 0 Å². The number of nitrogens with one attached hydrogen (secondary N) is 1. The van der Waals surface area contributed by atoms with Gasteiger partial charge in [0.15, 0.2) is 0 Å². The lowest BCUT2D eigenvalue weighted by Crippen LogP contribution is -2.19. The molecule has 21 heavy (non-hydrogen) atoms. The van der Waals surface area contributed by atoms with Gasteiger partial charge >= 0.3 is 0 Å². The molecule has 0 unspecified atom stereocenters. The van der Waals surface area contributed by atoms with E-state index < -0.39 is 0 Å². The second kappa shape index (κ2) is 8.17. The monoisotopic (exact) mass is 305 g/mol. The van der Waals surface area contributed by atoms with Gasteiger partial charge in [-0.05, 0) is 30.7 Å². The topological polar surface area (TPSA) is 21.3 Å². The molecule has 0 radical (unpaired) electrons. The van der Waals surface area contributed by atoms with Crippen molar-refractivity contribution in [2.45, 2.75) is 23.3 Å². The van der Waals surface area contributed by atoms with Crippen molar-refractivity contribution < 1.29 is 9.13 Å². The first-order valence-electron chi connectivity index (χ1n) is 6.92. The summed E-state index contributed by atoms with van der Waals surface area (Å²) in [5, 5.41) is 3.26. The molecular weight excluding hydrogens is 285 g/mol. The maximum atomic E-state index is 14.1. The third kappa shape index (κ3) is 4.84. The molecule has 0 amide bonds. The van der Waals surface area contributed by atoms with Crippen molar-refractivity contribution in [2.75, 3.05) is 20.3 Å². The number of ether oxygens (including phenoxy) is 1. The second-order valence-electron chi connectivity index (χ2n) is 4.81. The summed E-state index contributed by atoms with van der Waals surface area (Å²) in [6.45, 7) is 4.08. The Balaban J connectivity index is 2.11. The molecule has 2 aromatic rings. The van der Waals surface area contributed by atoms with Gasteiger partial charge in [0.2, 0.25) is 0 Å². The van der Waals surface area contributed by atoms with Crippen molar-refractivity contribution in [3.8, 4) is 0 Å². The van der Waals surface area contributed by atoms with Crippen LogP contribution in [-0.4, -0.2) is 20.3 Å². The zero-order chi connectivity index (χ0) is 15.1. The Morgan fingerprint density at radius 1 is 1.14 bits per heavy atom. The lowest BCUT2D eigenvalue weighted by Gasteiger charge is -2.11. The van der Waals surface area contributed by atoms with E-state index in [9.17, 15) is 4.39 Å². The second-order valence-corrected chi connectivity index (χ2v) is 5.90. The predicted octanol–water partition coefficient (Wildman–Crippen LogP) is 4.02. The van der Waals surface area contributed by atoms with E-state index in [1.54, 1.807) is 13.2 Å². The Labute approximate surface area is 129 Å². The third-order valence-corrected chi connectivity index (χ3v) is 4.26. The Bertz CT molecular complexity index is 572. The molecule has 0 aliphatic carbocycles. The summed E-state index contributed by atoms with van der Waals surface area (Å²) in [5.74, 6) is -0.174. The molecule has 0 spiro atoms. The summed E-state index contributed by atoms with van der Waals surface area (Å²) in [6.07, 6.45) is 0. The Morgan fingerprint density at radius 3 is 2.62 bits per heavy atom. The summed E-state index contributed by atoms with van der Waals surface area (Å²) in [4.78, 5) is 1.73. The van der Waals surface area contributed by atoms with Gasteiger partial charge in [0.1, 0.15) is 5.82 Å². The van der Waals surface area contributed by atoms with E-state index in [4.69, 9.17) is 4.74 Å².